The number of aliphatic hydroxyl groups is 1. The first-order valence-electron chi connectivity index (χ1n) is 5.44. The quantitative estimate of drug-likeness (QED) is 0.878. The number of rotatable bonds is 3. The molecule has 1 aromatic heterocycles. The van der Waals surface area contributed by atoms with Crippen LogP contribution in [0.2, 0.25) is 5.02 Å². The van der Waals surface area contributed by atoms with Crippen LogP contribution in [-0.4, -0.2) is 11.2 Å². The average Bonchev–Trinajstić information content (AvgIpc) is 2.61. The Morgan fingerprint density at radius 1 is 1.38 bits per heavy atom. The van der Waals surface area contributed by atoms with Crippen LogP contribution in [0.25, 0.3) is 11.0 Å². The van der Waals surface area contributed by atoms with Gasteiger partial charge in [0.25, 0.3) is 0 Å². The number of hydrogen-bond donors (Lipinski definition) is 1. The van der Waals surface area contributed by atoms with Gasteiger partial charge in [-0.3, -0.25) is 0 Å². The van der Waals surface area contributed by atoms with Crippen LogP contribution in [0.5, 0.6) is 0 Å². The maximum atomic E-state index is 9.35. The van der Waals surface area contributed by atoms with E-state index >= 15 is 0 Å². The van der Waals surface area contributed by atoms with Gasteiger partial charge in [-0.05, 0) is 25.5 Å². The van der Waals surface area contributed by atoms with E-state index in [-0.39, 0.29) is 12.0 Å². The van der Waals surface area contributed by atoms with Crippen molar-refractivity contribution in [2.24, 2.45) is 0 Å². The lowest BCUT2D eigenvalue weighted by Gasteiger charge is -2.09. The fraction of sp³-hybridized carbons (Fsp3) is 0.385. The van der Waals surface area contributed by atoms with E-state index in [1.54, 1.807) is 6.92 Å². The summed E-state index contributed by atoms with van der Waals surface area (Å²) in [6.07, 6.45) is 0.371. The number of fused-ring (bicyclic) bond motifs is 1. The van der Waals surface area contributed by atoms with Gasteiger partial charge in [-0.1, -0.05) is 30.7 Å². The molecule has 0 aliphatic heterocycles. The lowest BCUT2D eigenvalue weighted by atomic mass is 10.0. The molecule has 0 aliphatic carbocycles. The Labute approximate surface area is 99.8 Å². The molecule has 0 saturated carbocycles. The molecular formula is C13H15ClO2. The fourth-order valence-corrected chi connectivity index (χ4v) is 2.14. The summed E-state index contributed by atoms with van der Waals surface area (Å²) in [5, 5.41) is 11.0. The summed E-state index contributed by atoms with van der Waals surface area (Å²) < 4.78 is 5.72. The molecule has 0 fully saturated rings. The molecule has 1 aromatic carbocycles. The summed E-state index contributed by atoms with van der Waals surface area (Å²) >= 11 is 6.04. The lowest BCUT2D eigenvalue weighted by molar-refractivity contribution is 0.173. The second-order valence-electron chi connectivity index (χ2n) is 4.29. The minimum absolute atomic E-state index is 0.198. The van der Waals surface area contributed by atoms with Crippen LogP contribution < -0.4 is 0 Å². The number of furan rings is 1. The maximum absolute atomic E-state index is 9.35. The second-order valence-corrected chi connectivity index (χ2v) is 4.70. The first kappa shape index (κ1) is 11.5. The SMILES string of the molecule is CC(O)CC(C)c1cc2cccc(Cl)c2o1. The smallest absolute Gasteiger partial charge is 0.152 e. The van der Waals surface area contributed by atoms with Crippen molar-refractivity contribution in [2.45, 2.75) is 32.3 Å². The second kappa shape index (κ2) is 4.48. The predicted molar refractivity (Wildman–Crippen MR) is 65.9 cm³/mol. The van der Waals surface area contributed by atoms with E-state index in [4.69, 9.17) is 16.0 Å². The van der Waals surface area contributed by atoms with E-state index in [1.165, 1.54) is 0 Å². The monoisotopic (exact) mass is 238 g/mol. The zero-order valence-electron chi connectivity index (χ0n) is 9.40. The number of halogens is 1. The normalized spacial score (nSPS) is 15.2. The standard InChI is InChI=1S/C13H15ClO2/c1-8(6-9(2)15)12-7-10-4-3-5-11(14)13(10)16-12/h3-5,7-9,15H,6H2,1-2H3. The van der Waals surface area contributed by atoms with Crippen LogP contribution in [0.15, 0.2) is 28.7 Å². The fourth-order valence-electron chi connectivity index (χ4n) is 1.92. The van der Waals surface area contributed by atoms with E-state index in [9.17, 15) is 5.11 Å². The Morgan fingerprint density at radius 3 is 2.75 bits per heavy atom. The van der Waals surface area contributed by atoms with Gasteiger partial charge >= 0.3 is 0 Å². The molecule has 1 heterocycles. The van der Waals surface area contributed by atoms with Crippen molar-refractivity contribution >= 4 is 22.6 Å². The molecule has 2 rings (SSSR count). The van der Waals surface area contributed by atoms with Gasteiger partial charge < -0.3 is 9.52 Å². The number of para-hydroxylation sites is 1. The lowest BCUT2D eigenvalue weighted by Crippen LogP contribution is -2.04. The van der Waals surface area contributed by atoms with Crippen molar-refractivity contribution in [2.75, 3.05) is 0 Å². The van der Waals surface area contributed by atoms with Gasteiger partial charge in [-0.2, -0.15) is 0 Å². The van der Waals surface area contributed by atoms with Crippen LogP contribution in [0.1, 0.15) is 31.9 Å². The summed E-state index contributed by atoms with van der Waals surface area (Å²) in [4.78, 5) is 0. The molecule has 16 heavy (non-hydrogen) atoms. The molecule has 2 unspecified atom stereocenters. The van der Waals surface area contributed by atoms with E-state index in [2.05, 4.69) is 0 Å². The molecular weight excluding hydrogens is 224 g/mol. The van der Waals surface area contributed by atoms with Gasteiger partial charge in [0.1, 0.15) is 5.76 Å². The van der Waals surface area contributed by atoms with Crippen LogP contribution in [-0.2, 0) is 0 Å². The van der Waals surface area contributed by atoms with Crippen molar-refractivity contribution in [1.82, 2.24) is 0 Å². The third-order valence-corrected chi connectivity index (χ3v) is 2.99. The molecule has 2 nitrogen and oxygen atoms in total. The average molecular weight is 239 g/mol. The van der Waals surface area contributed by atoms with Crippen LogP contribution in [0, 0.1) is 0 Å². The molecule has 86 valence electrons. The Hall–Kier alpha value is -0.990. The van der Waals surface area contributed by atoms with Gasteiger partial charge in [0.15, 0.2) is 5.58 Å². The van der Waals surface area contributed by atoms with E-state index < -0.39 is 0 Å². The first-order chi connectivity index (χ1) is 7.58. The molecule has 0 radical (unpaired) electrons. The van der Waals surface area contributed by atoms with Crippen molar-refractivity contribution in [3.8, 4) is 0 Å². The maximum Gasteiger partial charge on any atom is 0.152 e. The predicted octanol–water partition coefficient (Wildman–Crippen LogP) is 3.96. The van der Waals surface area contributed by atoms with Crippen LogP contribution >= 0.6 is 11.6 Å². The van der Waals surface area contributed by atoms with Gasteiger partial charge in [-0.25, -0.2) is 0 Å². The molecule has 0 amide bonds. The van der Waals surface area contributed by atoms with E-state index in [0.717, 1.165) is 16.7 Å². The Kier molecular flexibility index (Phi) is 3.22. The topological polar surface area (TPSA) is 33.4 Å². The zero-order chi connectivity index (χ0) is 11.7. The molecule has 0 spiro atoms. The summed E-state index contributed by atoms with van der Waals surface area (Å²) in [6, 6.07) is 7.69. The minimum Gasteiger partial charge on any atom is -0.459 e. The van der Waals surface area contributed by atoms with Crippen molar-refractivity contribution in [1.29, 1.82) is 0 Å². The molecule has 0 saturated heterocycles. The number of aliphatic hydroxyl groups excluding tert-OH is 1. The van der Waals surface area contributed by atoms with Gasteiger partial charge in [0.05, 0.1) is 11.1 Å². The summed E-state index contributed by atoms with van der Waals surface area (Å²) in [7, 11) is 0. The van der Waals surface area contributed by atoms with Gasteiger partial charge in [0.2, 0.25) is 0 Å². The van der Waals surface area contributed by atoms with E-state index in [0.29, 0.717) is 11.4 Å². The zero-order valence-corrected chi connectivity index (χ0v) is 10.2. The van der Waals surface area contributed by atoms with Gasteiger partial charge in [-0.15, -0.1) is 0 Å². The molecule has 1 N–H and O–H groups in total. The highest BCUT2D eigenvalue weighted by molar-refractivity contribution is 6.34. The highest BCUT2D eigenvalue weighted by Crippen LogP contribution is 2.31. The Bertz CT molecular complexity index is 488. The minimum atomic E-state index is -0.321. The summed E-state index contributed by atoms with van der Waals surface area (Å²) in [5.74, 6) is 1.08. The third kappa shape index (κ3) is 2.23. The van der Waals surface area contributed by atoms with Gasteiger partial charge in [0, 0.05) is 11.3 Å². The van der Waals surface area contributed by atoms with Crippen LogP contribution in [0.3, 0.4) is 0 Å². The van der Waals surface area contributed by atoms with Crippen molar-refractivity contribution < 1.29 is 9.52 Å². The highest BCUT2D eigenvalue weighted by atomic mass is 35.5. The molecule has 2 aromatic rings. The molecule has 3 heteroatoms. The van der Waals surface area contributed by atoms with Crippen LogP contribution in [0.4, 0.5) is 0 Å². The summed E-state index contributed by atoms with van der Waals surface area (Å²) in [5.41, 5.74) is 0.733. The Balaban J connectivity index is 2.36. The number of hydrogen-bond acceptors (Lipinski definition) is 2. The molecule has 0 aliphatic rings. The first-order valence-corrected chi connectivity index (χ1v) is 5.81. The van der Waals surface area contributed by atoms with Crippen molar-refractivity contribution in [3.05, 3.63) is 35.0 Å². The number of benzene rings is 1. The van der Waals surface area contributed by atoms with Crippen molar-refractivity contribution in [3.63, 3.8) is 0 Å². The molecule has 2 atom stereocenters. The largest absolute Gasteiger partial charge is 0.459 e. The molecule has 0 bridgehead atoms. The summed E-state index contributed by atoms with van der Waals surface area (Å²) in [6.45, 7) is 3.82. The van der Waals surface area contributed by atoms with E-state index in [1.807, 2.05) is 31.2 Å². The highest BCUT2D eigenvalue weighted by Gasteiger charge is 2.14. The third-order valence-electron chi connectivity index (χ3n) is 2.70. The Morgan fingerprint density at radius 2 is 2.12 bits per heavy atom.